The smallest absolute Gasteiger partial charge is 0.314 e. The summed E-state index contributed by atoms with van der Waals surface area (Å²) in [4.78, 5) is 35.3. The van der Waals surface area contributed by atoms with Crippen LogP contribution in [0.5, 0.6) is 0 Å². The molecule has 0 saturated carbocycles. The molecule has 0 saturated heterocycles. The van der Waals surface area contributed by atoms with Crippen molar-refractivity contribution in [2.45, 2.75) is 19.8 Å². The highest BCUT2D eigenvalue weighted by Gasteiger charge is 2.17. The molecule has 24 heavy (non-hydrogen) atoms. The van der Waals surface area contributed by atoms with E-state index in [2.05, 4.69) is 24.5 Å². The van der Waals surface area contributed by atoms with Gasteiger partial charge in [0.25, 0.3) is 5.91 Å². The lowest BCUT2D eigenvalue weighted by Gasteiger charge is -2.10. The average molecular weight is 325 g/mol. The maximum atomic E-state index is 12.0. The van der Waals surface area contributed by atoms with Crippen LogP contribution < -0.4 is 16.4 Å². The van der Waals surface area contributed by atoms with Crippen LogP contribution in [0.4, 0.5) is 11.4 Å². The van der Waals surface area contributed by atoms with Crippen molar-refractivity contribution in [2.75, 3.05) is 10.6 Å². The van der Waals surface area contributed by atoms with Gasteiger partial charge in [-0.3, -0.25) is 14.4 Å². The molecule has 2 rings (SSSR count). The second kappa shape index (κ2) is 7.41. The van der Waals surface area contributed by atoms with Gasteiger partial charge in [0.2, 0.25) is 0 Å². The summed E-state index contributed by atoms with van der Waals surface area (Å²) in [6, 6.07) is 13.5. The van der Waals surface area contributed by atoms with E-state index in [1.54, 1.807) is 24.3 Å². The van der Waals surface area contributed by atoms with Crippen molar-refractivity contribution >= 4 is 29.1 Å². The molecule has 0 aliphatic carbocycles. The monoisotopic (exact) mass is 325 g/mol. The predicted octanol–water partition coefficient (Wildman–Crippen LogP) is 2.49. The first kappa shape index (κ1) is 17.2. The summed E-state index contributed by atoms with van der Waals surface area (Å²) < 4.78 is 0. The molecule has 0 unspecified atom stereocenters. The number of hydrogen-bond donors (Lipinski definition) is 3. The molecule has 2 aromatic carbocycles. The van der Waals surface area contributed by atoms with E-state index in [-0.39, 0.29) is 11.3 Å². The molecule has 0 aliphatic heterocycles. The van der Waals surface area contributed by atoms with E-state index in [1.807, 2.05) is 12.1 Å². The minimum absolute atomic E-state index is 0.139. The molecule has 3 amide bonds. The second-order valence-corrected chi connectivity index (χ2v) is 5.59. The van der Waals surface area contributed by atoms with Crippen LogP contribution in [0, 0.1) is 0 Å². The number of carbonyl (C=O) groups excluding carboxylic acids is 3. The third-order valence-electron chi connectivity index (χ3n) is 3.48. The van der Waals surface area contributed by atoms with E-state index < -0.39 is 17.7 Å². The van der Waals surface area contributed by atoms with Gasteiger partial charge < -0.3 is 16.4 Å². The molecule has 124 valence electrons. The normalized spacial score (nSPS) is 10.3. The fourth-order valence-electron chi connectivity index (χ4n) is 2.13. The maximum Gasteiger partial charge on any atom is 0.314 e. The minimum atomic E-state index is -0.878. The fraction of sp³-hybridized carbons (Fsp3) is 0.167. The molecular weight excluding hydrogens is 306 g/mol. The van der Waals surface area contributed by atoms with Crippen LogP contribution in [0.3, 0.4) is 0 Å². The summed E-state index contributed by atoms with van der Waals surface area (Å²) in [5.41, 5.74) is 7.22. The van der Waals surface area contributed by atoms with Crippen LogP contribution >= 0.6 is 0 Å². The van der Waals surface area contributed by atoms with Gasteiger partial charge in [-0.05, 0) is 35.7 Å². The zero-order valence-electron chi connectivity index (χ0n) is 13.5. The first-order chi connectivity index (χ1) is 11.4. The van der Waals surface area contributed by atoms with Crippen LogP contribution in [0.15, 0.2) is 48.5 Å². The van der Waals surface area contributed by atoms with Gasteiger partial charge in [0.15, 0.2) is 0 Å². The van der Waals surface area contributed by atoms with E-state index in [9.17, 15) is 14.4 Å². The zero-order chi connectivity index (χ0) is 17.7. The van der Waals surface area contributed by atoms with Crippen molar-refractivity contribution in [1.29, 1.82) is 0 Å². The molecule has 0 bridgehead atoms. The van der Waals surface area contributed by atoms with Gasteiger partial charge in [-0.1, -0.05) is 38.1 Å². The van der Waals surface area contributed by atoms with Crippen molar-refractivity contribution in [3.8, 4) is 0 Å². The molecule has 6 nitrogen and oxygen atoms in total. The topological polar surface area (TPSA) is 101 Å². The molecule has 0 radical (unpaired) electrons. The standard InChI is InChI=1S/C18H19N3O3/c1-11(2)12-7-9-13(10-8-12)20-17(23)18(24)21-15-6-4-3-5-14(15)16(19)22/h3-11H,1-2H3,(H2,19,22)(H,20,23)(H,21,24). The van der Waals surface area contributed by atoms with Gasteiger partial charge in [-0.2, -0.15) is 0 Å². The van der Waals surface area contributed by atoms with Crippen LogP contribution in [-0.2, 0) is 9.59 Å². The van der Waals surface area contributed by atoms with Crippen molar-refractivity contribution in [3.63, 3.8) is 0 Å². The number of primary amides is 1. The lowest BCUT2D eigenvalue weighted by atomic mass is 10.0. The number of nitrogens with two attached hydrogens (primary N) is 1. The zero-order valence-corrected chi connectivity index (χ0v) is 13.5. The van der Waals surface area contributed by atoms with Gasteiger partial charge in [-0.15, -0.1) is 0 Å². The SMILES string of the molecule is CC(C)c1ccc(NC(=O)C(=O)Nc2ccccc2C(N)=O)cc1. The Kier molecular flexibility index (Phi) is 5.31. The Balaban J connectivity index is 2.05. The third-order valence-corrected chi connectivity index (χ3v) is 3.48. The summed E-state index contributed by atoms with van der Waals surface area (Å²) in [6.07, 6.45) is 0. The average Bonchev–Trinajstić information content (AvgIpc) is 2.55. The molecular formula is C18H19N3O3. The predicted molar refractivity (Wildman–Crippen MR) is 92.8 cm³/mol. The van der Waals surface area contributed by atoms with E-state index in [0.29, 0.717) is 11.6 Å². The molecule has 0 aromatic heterocycles. The van der Waals surface area contributed by atoms with Gasteiger partial charge >= 0.3 is 11.8 Å². The molecule has 2 aromatic rings. The Morgan fingerprint density at radius 2 is 1.46 bits per heavy atom. The molecule has 0 fully saturated rings. The largest absolute Gasteiger partial charge is 0.366 e. The van der Waals surface area contributed by atoms with Gasteiger partial charge in [0.1, 0.15) is 0 Å². The minimum Gasteiger partial charge on any atom is -0.366 e. The summed E-state index contributed by atoms with van der Waals surface area (Å²) in [5, 5.41) is 4.90. The summed E-state index contributed by atoms with van der Waals surface area (Å²) >= 11 is 0. The second-order valence-electron chi connectivity index (χ2n) is 5.59. The van der Waals surface area contributed by atoms with E-state index in [0.717, 1.165) is 5.56 Å². The van der Waals surface area contributed by atoms with Crippen molar-refractivity contribution in [1.82, 2.24) is 0 Å². The molecule has 0 aliphatic rings. The van der Waals surface area contributed by atoms with E-state index in [4.69, 9.17) is 5.73 Å². The summed E-state index contributed by atoms with van der Waals surface area (Å²) in [7, 11) is 0. The molecule has 4 N–H and O–H groups in total. The Bertz CT molecular complexity index is 767. The van der Waals surface area contributed by atoms with Crippen LogP contribution in [0.2, 0.25) is 0 Å². The third kappa shape index (κ3) is 4.19. The quantitative estimate of drug-likeness (QED) is 0.753. The molecule has 6 heteroatoms. The maximum absolute atomic E-state index is 12.0. The lowest BCUT2D eigenvalue weighted by Crippen LogP contribution is -2.30. The van der Waals surface area contributed by atoms with Crippen molar-refractivity contribution < 1.29 is 14.4 Å². The molecule has 0 spiro atoms. The summed E-state index contributed by atoms with van der Waals surface area (Å²) in [6.45, 7) is 4.13. The van der Waals surface area contributed by atoms with Gasteiger partial charge in [-0.25, -0.2) is 0 Å². The Morgan fingerprint density at radius 1 is 0.875 bits per heavy atom. The van der Waals surface area contributed by atoms with E-state index in [1.165, 1.54) is 12.1 Å². The first-order valence-electron chi connectivity index (χ1n) is 7.49. The Labute approximate surface area is 140 Å². The number of hydrogen-bond acceptors (Lipinski definition) is 3. The number of amides is 3. The number of para-hydroxylation sites is 1. The lowest BCUT2D eigenvalue weighted by molar-refractivity contribution is -0.133. The number of rotatable bonds is 4. The van der Waals surface area contributed by atoms with Crippen molar-refractivity contribution in [2.24, 2.45) is 5.73 Å². The van der Waals surface area contributed by atoms with Gasteiger partial charge in [0.05, 0.1) is 11.3 Å². The molecule has 0 heterocycles. The van der Waals surface area contributed by atoms with Crippen LogP contribution in [-0.4, -0.2) is 17.7 Å². The highest BCUT2D eigenvalue weighted by molar-refractivity contribution is 6.44. The highest BCUT2D eigenvalue weighted by Crippen LogP contribution is 2.17. The fourth-order valence-corrected chi connectivity index (χ4v) is 2.13. The Hall–Kier alpha value is -3.15. The van der Waals surface area contributed by atoms with Crippen LogP contribution in [0.1, 0.15) is 35.7 Å². The number of benzene rings is 2. The number of carbonyl (C=O) groups is 3. The number of anilines is 2. The number of nitrogens with one attached hydrogen (secondary N) is 2. The van der Waals surface area contributed by atoms with Crippen molar-refractivity contribution in [3.05, 3.63) is 59.7 Å². The van der Waals surface area contributed by atoms with Gasteiger partial charge in [0, 0.05) is 5.69 Å². The highest BCUT2D eigenvalue weighted by atomic mass is 16.2. The Morgan fingerprint density at radius 3 is 2.04 bits per heavy atom. The van der Waals surface area contributed by atoms with E-state index >= 15 is 0 Å². The summed E-state index contributed by atoms with van der Waals surface area (Å²) in [5.74, 6) is -2.01. The van der Waals surface area contributed by atoms with Crippen LogP contribution in [0.25, 0.3) is 0 Å². The first-order valence-corrected chi connectivity index (χ1v) is 7.49. The molecule has 0 atom stereocenters.